The fourth-order valence-corrected chi connectivity index (χ4v) is 6.49. The number of anilines is 1. The molecule has 2 fully saturated rings. The van der Waals surface area contributed by atoms with E-state index in [0.29, 0.717) is 24.5 Å². The van der Waals surface area contributed by atoms with E-state index < -0.39 is 0 Å². The molecule has 2 atom stereocenters. The molecule has 3 aliphatic rings. The van der Waals surface area contributed by atoms with Gasteiger partial charge in [-0.1, -0.05) is 42.5 Å². The van der Waals surface area contributed by atoms with Gasteiger partial charge in [-0.05, 0) is 99.1 Å². The lowest BCUT2D eigenvalue weighted by atomic mass is 9.72. The number of piperidine rings is 1. The summed E-state index contributed by atoms with van der Waals surface area (Å²) in [4.78, 5) is 19.3. The van der Waals surface area contributed by atoms with E-state index in [9.17, 15) is 10.0 Å². The molecular weight excluding hydrogens is 462 g/mol. The molecule has 1 amide bonds. The molecule has 1 aromatic carbocycles. The molecule has 3 heterocycles. The monoisotopic (exact) mass is 498 g/mol. The first-order valence-electron chi connectivity index (χ1n) is 13.2. The number of allylic oxidation sites excluding steroid dienone is 3. The van der Waals surface area contributed by atoms with Crippen molar-refractivity contribution in [3.05, 3.63) is 88.3 Å². The maximum absolute atomic E-state index is 13.3. The van der Waals surface area contributed by atoms with Gasteiger partial charge in [-0.3, -0.25) is 4.79 Å². The number of aromatic nitrogens is 1. The van der Waals surface area contributed by atoms with Crippen molar-refractivity contribution in [1.29, 1.82) is 5.41 Å². The predicted octanol–water partition coefficient (Wildman–Crippen LogP) is 4.88. The van der Waals surface area contributed by atoms with Crippen LogP contribution in [0.15, 0.2) is 72.0 Å². The van der Waals surface area contributed by atoms with E-state index in [1.807, 2.05) is 43.3 Å². The molecular formula is C30H36N5O2-. The van der Waals surface area contributed by atoms with Crippen molar-refractivity contribution in [1.82, 2.24) is 14.9 Å². The number of rotatable bonds is 6. The van der Waals surface area contributed by atoms with Gasteiger partial charge in [0.25, 0.3) is 0 Å². The second-order valence-electron chi connectivity index (χ2n) is 10.8. The van der Waals surface area contributed by atoms with Gasteiger partial charge in [-0.2, -0.15) is 0 Å². The van der Waals surface area contributed by atoms with Gasteiger partial charge in [0.2, 0.25) is 5.91 Å². The molecule has 7 nitrogen and oxygen atoms in total. The van der Waals surface area contributed by atoms with Gasteiger partial charge in [0.15, 0.2) is 0 Å². The van der Waals surface area contributed by atoms with Crippen LogP contribution in [0.4, 0.5) is 5.82 Å². The van der Waals surface area contributed by atoms with Gasteiger partial charge in [-0.25, -0.2) is 4.98 Å². The normalized spacial score (nSPS) is 25.6. The van der Waals surface area contributed by atoms with Crippen LogP contribution in [-0.4, -0.2) is 59.8 Å². The Kier molecular flexibility index (Phi) is 7.38. The largest absolute Gasteiger partial charge is 0.785 e. The number of hydrogen-bond donors (Lipinski definition) is 2. The number of hydroxylamine groups is 2. The van der Waals surface area contributed by atoms with E-state index in [0.717, 1.165) is 54.1 Å². The standard InChI is InChI=1S/C30H36N5O2/c1-3-24-21(17-26-25-10-7-13-32-29(25)33-28(36)18-27(24)26)16-23(31)19-35(37)20-30(11-14-34(2)15-12-30)22-8-5-4-6-9-22/h3-10,13,16,26-27,31H,11-12,14-15,17-20H2,1-2H3,(H,32,33,36)/q-1/b21-16-,24-3+,31-23?. The number of pyridine rings is 1. The molecule has 2 N–H and O–H groups in total. The van der Waals surface area contributed by atoms with Crippen LogP contribution in [-0.2, 0) is 10.2 Å². The topological polar surface area (TPSA) is 95.4 Å². The Bertz CT molecular complexity index is 1210. The lowest BCUT2D eigenvalue weighted by Gasteiger charge is -2.46. The first-order chi connectivity index (χ1) is 17.9. The zero-order valence-corrected chi connectivity index (χ0v) is 21.7. The molecule has 0 bridgehead atoms. The van der Waals surface area contributed by atoms with Gasteiger partial charge in [-0.15, -0.1) is 0 Å². The van der Waals surface area contributed by atoms with E-state index in [2.05, 4.69) is 40.5 Å². The zero-order chi connectivity index (χ0) is 26.0. The number of amides is 1. The molecule has 37 heavy (non-hydrogen) atoms. The number of nitrogens with one attached hydrogen (secondary N) is 2. The van der Waals surface area contributed by atoms with Crippen LogP contribution in [0.2, 0.25) is 0 Å². The van der Waals surface area contributed by atoms with Crippen LogP contribution >= 0.6 is 0 Å². The number of benzene rings is 1. The van der Waals surface area contributed by atoms with Crippen molar-refractivity contribution in [2.75, 3.05) is 38.5 Å². The van der Waals surface area contributed by atoms with E-state index in [4.69, 9.17) is 5.41 Å². The van der Waals surface area contributed by atoms with Crippen molar-refractivity contribution in [2.24, 2.45) is 5.92 Å². The van der Waals surface area contributed by atoms with E-state index in [1.165, 1.54) is 5.56 Å². The highest BCUT2D eigenvalue weighted by Crippen LogP contribution is 2.51. The summed E-state index contributed by atoms with van der Waals surface area (Å²) in [6.45, 7) is 4.35. The first-order valence-corrected chi connectivity index (χ1v) is 13.2. The molecule has 1 saturated heterocycles. The van der Waals surface area contributed by atoms with Crippen LogP contribution in [0.5, 0.6) is 0 Å². The number of nitrogens with zero attached hydrogens (tertiary/aromatic N) is 3. The summed E-state index contributed by atoms with van der Waals surface area (Å²) in [7, 11) is 2.13. The Morgan fingerprint density at radius 1 is 1.19 bits per heavy atom. The summed E-state index contributed by atoms with van der Waals surface area (Å²) in [6, 6.07) is 14.3. The Morgan fingerprint density at radius 2 is 1.95 bits per heavy atom. The molecule has 5 rings (SSSR count). The summed E-state index contributed by atoms with van der Waals surface area (Å²) in [5, 5.41) is 26.0. The van der Waals surface area contributed by atoms with Gasteiger partial charge in [0.1, 0.15) is 5.82 Å². The average Bonchev–Trinajstić information content (AvgIpc) is 3.14. The van der Waals surface area contributed by atoms with Crippen LogP contribution < -0.4 is 5.32 Å². The fraction of sp³-hybridized carbons (Fsp3) is 0.433. The highest BCUT2D eigenvalue weighted by atomic mass is 16.5. The van der Waals surface area contributed by atoms with Crippen LogP contribution in [0.25, 0.3) is 0 Å². The van der Waals surface area contributed by atoms with Crippen molar-refractivity contribution >= 4 is 17.4 Å². The van der Waals surface area contributed by atoms with E-state index in [1.54, 1.807) is 6.20 Å². The predicted molar refractivity (Wildman–Crippen MR) is 148 cm³/mol. The van der Waals surface area contributed by atoms with Gasteiger partial charge < -0.3 is 25.9 Å². The molecule has 0 radical (unpaired) electrons. The molecule has 0 spiro atoms. The van der Waals surface area contributed by atoms with Gasteiger partial charge >= 0.3 is 0 Å². The quantitative estimate of drug-likeness (QED) is 0.437. The average molecular weight is 499 g/mol. The zero-order valence-electron chi connectivity index (χ0n) is 21.7. The number of likely N-dealkylation sites (tertiary alicyclic amines) is 1. The third-order valence-corrected chi connectivity index (χ3v) is 8.41. The SMILES string of the molecule is C/C=C1\C(=C/C(=N)CN([O-])CC2(c3ccccc3)CCN(C)CC2)CC2c3cccnc3NC(=O)CC12. The molecule has 2 aromatic rings. The smallest absolute Gasteiger partial charge is 0.226 e. The maximum atomic E-state index is 13.3. The van der Waals surface area contributed by atoms with Crippen LogP contribution in [0.3, 0.4) is 0 Å². The number of fused-ring (bicyclic) bond motifs is 3. The summed E-state index contributed by atoms with van der Waals surface area (Å²) < 4.78 is 0. The second kappa shape index (κ2) is 10.7. The first kappa shape index (κ1) is 25.5. The minimum absolute atomic E-state index is 0.0294. The van der Waals surface area contributed by atoms with E-state index in [-0.39, 0.29) is 29.7 Å². The fourth-order valence-electron chi connectivity index (χ4n) is 6.49. The van der Waals surface area contributed by atoms with Crippen LogP contribution in [0, 0.1) is 16.5 Å². The molecule has 194 valence electrons. The summed E-state index contributed by atoms with van der Waals surface area (Å²) in [6.07, 6.45) is 8.63. The Hall–Kier alpha value is -3.13. The van der Waals surface area contributed by atoms with Crippen LogP contribution in [0.1, 0.15) is 49.7 Å². The Morgan fingerprint density at radius 3 is 2.68 bits per heavy atom. The second-order valence-corrected chi connectivity index (χ2v) is 10.8. The van der Waals surface area contributed by atoms with Crippen molar-refractivity contribution in [3.8, 4) is 0 Å². The minimum atomic E-state index is -0.192. The lowest BCUT2D eigenvalue weighted by Crippen LogP contribution is -2.47. The van der Waals surface area contributed by atoms with E-state index >= 15 is 0 Å². The van der Waals surface area contributed by atoms with Crippen molar-refractivity contribution in [2.45, 2.75) is 43.9 Å². The van der Waals surface area contributed by atoms with Gasteiger partial charge in [0, 0.05) is 30.3 Å². The lowest BCUT2D eigenvalue weighted by molar-refractivity contribution is -0.116. The minimum Gasteiger partial charge on any atom is -0.785 e. The molecule has 1 aliphatic carbocycles. The maximum Gasteiger partial charge on any atom is 0.226 e. The molecule has 1 aromatic heterocycles. The third kappa shape index (κ3) is 5.30. The summed E-state index contributed by atoms with van der Waals surface area (Å²) >= 11 is 0. The Balaban J connectivity index is 1.33. The highest BCUT2D eigenvalue weighted by molar-refractivity contribution is 5.96. The third-order valence-electron chi connectivity index (χ3n) is 8.41. The summed E-state index contributed by atoms with van der Waals surface area (Å²) in [5.74, 6) is 0.801. The Labute approximate surface area is 219 Å². The molecule has 2 aliphatic heterocycles. The highest BCUT2D eigenvalue weighted by Gasteiger charge is 2.40. The number of carbonyl (C=O) groups is 1. The molecule has 2 unspecified atom stereocenters. The van der Waals surface area contributed by atoms with Gasteiger partial charge in [0.05, 0.1) is 0 Å². The van der Waals surface area contributed by atoms with Crippen molar-refractivity contribution < 1.29 is 4.79 Å². The summed E-state index contributed by atoms with van der Waals surface area (Å²) in [5.41, 5.74) is 4.54. The van der Waals surface area contributed by atoms with Crippen molar-refractivity contribution in [3.63, 3.8) is 0 Å². The number of hydrogen-bond acceptors (Lipinski definition) is 6. The molecule has 7 heteroatoms. The number of carbonyl (C=O) groups excluding carboxylic acids is 1. The molecule has 1 saturated carbocycles.